The lowest BCUT2D eigenvalue weighted by Crippen LogP contribution is -2.52. The quantitative estimate of drug-likeness (QED) is 0.901. The first-order chi connectivity index (χ1) is 12.7. The van der Waals surface area contributed by atoms with Crippen LogP contribution >= 0.6 is 0 Å². The standard InChI is InChI=1S/C22H26N2O2/c1-23-21(26)22(19-10-6-3-7-11-19)14-16-24(17-15-22)20(25)13-12-18-8-4-2-5-9-18/h2-11H,12-17H2,1H3,(H,23,26). The molecule has 0 aromatic heterocycles. The van der Waals surface area contributed by atoms with Crippen LogP contribution < -0.4 is 5.32 Å². The number of hydrogen-bond acceptors (Lipinski definition) is 2. The number of aryl methyl sites for hydroxylation is 1. The van der Waals surface area contributed by atoms with Crippen molar-refractivity contribution in [2.75, 3.05) is 20.1 Å². The Balaban J connectivity index is 1.64. The van der Waals surface area contributed by atoms with Gasteiger partial charge in [0.05, 0.1) is 5.41 Å². The first-order valence-electron chi connectivity index (χ1n) is 9.25. The summed E-state index contributed by atoms with van der Waals surface area (Å²) in [5.41, 5.74) is 1.68. The Bertz CT molecular complexity index is 735. The molecule has 1 saturated heterocycles. The number of carbonyl (C=O) groups is 2. The second kappa shape index (κ2) is 8.17. The van der Waals surface area contributed by atoms with Gasteiger partial charge in [0.25, 0.3) is 0 Å². The van der Waals surface area contributed by atoms with Gasteiger partial charge in [-0.15, -0.1) is 0 Å². The second-order valence-corrected chi connectivity index (χ2v) is 6.89. The summed E-state index contributed by atoms with van der Waals surface area (Å²) in [6.45, 7) is 1.24. The third-order valence-electron chi connectivity index (χ3n) is 5.43. The predicted molar refractivity (Wildman–Crippen MR) is 103 cm³/mol. The van der Waals surface area contributed by atoms with Gasteiger partial charge in [0.2, 0.25) is 11.8 Å². The zero-order chi connectivity index (χ0) is 18.4. The van der Waals surface area contributed by atoms with Crippen molar-refractivity contribution in [1.82, 2.24) is 10.2 Å². The van der Waals surface area contributed by atoms with Crippen molar-refractivity contribution in [3.05, 3.63) is 71.8 Å². The van der Waals surface area contributed by atoms with Crippen LogP contribution in [0.3, 0.4) is 0 Å². The van der Waals surface area contributed by atoms with E-state index in [4.69, 9.17) is 0 Å². The number of rotatable bonds is 5. The van der Waals surface area contributed by atoms with E-state index in [0.29, 0.717) is 32.4 Å². The minimum atomic E-state index is -0.535. The number of piperidine rings is 1. The van der Waals surface area contributed by atoms with Crippen molar-refractivity contribution in [3.8, 4) is 0 Å². The maximum absolute atomic E-state index is 12.7. The minimum absolute atomic E-state index is 0.0417. The molecule has 1 aliphatic heterocycles. The van der Waals surface area contributed by atoms with Crippen LogP contribution in [-0.4, -0.2) is 36.9 Å². The highest BCUT2D eigenvalue weighted by atomic mass is 16.2. The number of nitrogens with one attached hydrogen (secondary N) is 1. The third kappa shape index (κ3) is 3.79. The molecule has 4 heteroatoms. The van der Waals surface area contributed by atoms with Crippen LogP contribution in [0.1, 0.15) is 30.4 Å². The van der Waals surface area contributed by atoms with Gasteiger partial charge in [-0.1, -0.05) is 60.7 Å². The number of benzene rings is 2. The topological polar surface area (TPSA) is 49.4 Å². The van der Waals surface area contributed by atoms with Crippen LogP contribution in [0.15, 0.2) is 60.7 Å². The van der Waals surface area contributed by atoms with Crippen LogP contribution in [0.25, 0.3) is 0 Å². The third-order valence-corrected chi connectivity index (χ3v) is 5.43. The zero-order valence-corrected chi connectivity index (χ0v) is 15.3. The molecule has 0 atom stereocenters. The molecule has 0 radical (unpaired) electrons. The van der Waals surface area contributed by atoms with Crippen LogP contribution in [-0.2, 0) is 21.4 Å². The van der Waals surface area contributed by atoms with Crippen LogP contribution in [0, 0.1) is 0 Å². The molecule has 2 aromatic rings. The molecule has 1 heterocycles. The summed E-state index contributed by atoms with van der Waals surface area (Å²) >= 11 is 0. The van der Waals surface area contributed by atoms with Crippen LogP contribution in [0.5, 0.6) is 0 Å². The maximum Gasteiger partial charge on any atom is 0.230 e. The molecular weight excluding hydrogens is 324 g/mol. The van der Waals surface area contributed by atoms with Gasteiger partial charge >= 0.3 is 0 Å². The first-order valence-corrected chi connectivity index (χ1v) is 9.25. The average Bonchev–Trinajstić information content (AvgIpc) is 2.73. The fourth-order valence-electron chi connectivity index (χ4n) is 3.84. The molecule has 0 bridgehead atoms. The molecule has 4 nitrogen and oxygen atoms in total. The maximum atomic E-state index is 12.7. The first kappa shape index (κ1) is 18.2. The number of amides is 2. The lowest BCUT2D eigenvalue weighted by atomic mass is 9.72. The van der Waals surface area contributed by atoms with Crippen molar-refractivity contribution in [1.29, 1.82) is 0 Å². The van der Waals surface area contributed by atoms with Crippen molar-refractivity contribution in [2.24, 2.45) is 0 Å². The highest BCUT2D eigenvalue weighted by Gasteiger charge is 2.42. The van der Waals surface area contributed by atoms with Gasteiger partial charge in [-0.3, -0.25) is 9.59 Å². The molecular formula is C22H26N2O2. The summed E-state index contributed by atoms with van der Waals surface area (Å²) in [6.07, 6.45) is 2.60. The fraction of sp³-hybridized carbons (Fsp3) is 0.364. The van der Waals surface area contributed by atoms with E-state index in [1.54, 1.807) is 7.05 Å². The van der Waals surface area contributed by atoms with E-state index in [1.165, 1.54) is 5.56 Å². The number of hydrogen-bond donors (Lipinski definition) is 1. The summed E-state index contributed by atoms with van der Waals surface area (Å²) in [5.74, 6) is 0.215. The Morgan fingerprint density at radius 3 is 2.12 bits per heavy atom. The smallest absolute Gasteiger partial charge is 0.230 e. The molecule has 1 aliphatic rings. The van der Waals surface area contributed by atoms with Gasteiger partial charge in [-0.25, -0.2) is 0 Å². The second-order valence-electron chi connectivity index (χ2n) is 6.89. The summed E-state index contributed by atoms with van der Waals surface area (Å²) in [7, 11) is 1.68. The Kier molecular flexibility index (Phi) is 5.71. The average molecular weight is 350 g/mol. The zero-order valence-electron chi connectivity index (χ0n) is 15.3. The number of likely N-dealkylation sites (tertiary alicyclic amines) is 1. The van der Waals surface area contributed by atoms with Crippen molar-refractivity contribution in [2.45, 2.75) is 31.1 Å². The van der Waals surface area contributed by atoms with Gasteiger partial charge in [0, 0.05) is 26.6 Å². The summed E-state index contributed by atoms with van der Waals surface area (Å²) in [4.78, 5) is 27.2. The Morgan fingerprint density at radius 1 is 0.962 bits per heavy atom. The molecule has 3 rings (SSSR count). The summed E-state index contributed by atoms with van der Waals surface area (Å²) in [6, 6.07) is 20.0. The van der Waals surface area contributed by atoms with Gasteiger partial charge in [0.1, 0.15) is 0 Å². The molecule has 136 valence electrons. The molecule has 2 amide bonds. The van der Waals surface area contributed by atoms with Gasteiger partial charge < -0.3 is 10.2 Å². The monoisotopic (exact) mass is 350 g/mol. The van der Waals surface area contributed by atoms with Crippen LogP contribution in [0.4, 0.5) is 0 Å². The van der Waals surface area contributed by atoms with Gasteiger partial charge in [-0.05, 0) is 30.4 Å². The molecule has 26 heavy (non-hydrogen) atoms. The normalized spacial score (nSPS) is 16.1. The van der Waals surface area contributed by atoms with E-state index in [2.05, 4.69) is 17.4 Å². The lowest BCUT2D eigenvalue weighted by molar-refractivity contribution is -0.136. The molecule has 1 fully saturated rings. The molecule has 2 aromatic carbocycles. The van der Waals surface area contributed by atoms with Crippen molar-refractivity contribution < 1.29 is 9.59 Å². The summed E-state index contributed by atoms with van der Waals surface area (Å²) in [5, 5.41) is 2.82. The van der Waals surface area contributed by atoms with E-state index in [1.807, 2.05) is 53.4 Å². The van der Waals surface area contributed by atoms with Crippen molar-refractivity contribution >= 4 is 11.8 Å². The molecule has 0 spiro atoms. The van der Waals surface area contributed by atoms with Crippen molar-refractivity contribution in [3.63, 3.8) is 0 Å². The number of carbonyl (C=O) groups excluding carboxylic acids is 2. The highest BCUT2D eigenvalue weighted by Crippen LogP contribution is 2.36. The molecule has 0 aliphatic carbocycles. The van der Waals surface area contributed by atoms with E-state index in [9.17, 15) is 9.59 Å². The van der Waals surface area contributed by atoms with Gasteiger partial charge in [-0.2, -0.15) is 0 Å². The number of nitrogens with zero attached hydrogens (tertiary/aromatic N) is 1. The van der Waals surface area contributed by atoms with E-state index in [-0.39, 0.29) is 11.8 Å². The highest BCUT2D eigenvalue weighted by molar-refractivity contribution is 5.88. The van der Waals surface area contributed by atoms with Gasteiger partial charge in [0.15, 0.2) is 0 Å². The fourth-order valence-corrected chi connectivity index (χ4v) is 3.84. The van der Waals surface area contributed by atoms with E-state index < -0.39 is 5.41 Å². The molecule has 0 unspecified atom stereocenters. The molecule has 0 saturated carbocycles. The largest absolute Gasteiger partial charge is 0.358 e. The minimum Gasteiger partial charge on any atom is -0.358 e. The SMILES string of the molecule is CNC(=O)C1(c2ccccc2)CCN(C(=O)CCc2ccccc2)CC1. The van der Waals surface area contributed by atoms with Crippen LogP contribution in [0.2, 0.25) is 0 Å². The van der Waals surface area contributed by atoms with E-state index >= 15 is 0 Å². The Morgan fingerprint density at radius 2 is 1.54 bits per heavy atom. The Hall–Kier alpha value is -2.62. The Labute approximate surface area is 155 Å². The number of likely N-dealkylation sites (N-methyl/N-ethyl adjacent to an activating group) is 1. The lowest BCUT2D eigenvalue weighted by Gasteiger charge is -2.41. The molecule has 1 N–H and O–H groups in total. The summed E-state index contributed by atoms with van der Waals surface area (Å²) < 4.78 is 0. The van der Waals surface area contributed by atoms with E-state index in [0.717, 1.165) is 12.0 Å². The predicted octanol–water partition coefficient (Wildman–Crippen LogP) is 2.93.